The highest BCUT2D eigenvalue weighted by Gasteiger charge is 1.96. The predicted octanol–water partition coefficient (Wildman–Crippen LogP) is 2.07. The van der Waals surface area contributed by atoms with E-state index in [-0.39, 0.29) is 0 Å². The quantitative estimate of drug-likeness (QED) is 0.457. The SMILES string of the molecule is NNCCCOc1ccc2ccccc2c1. The highest BCUT2D eigenvalue weighted by Crippen LogP contribution is 2.20. The molecule has 0 radical (unpaired) electrons. The van der Waals surface area contributed by atoms with Crippen molar-refractivity contribution >= 4 is 10.8 Å². The van der Waals surface area contributed by atoms with E-state index in [9.17, 15) is 0 Å². The van der Waals surface area contributed by atoms with Gasteiger partial charge < -0.3 is 4.74 Å². The van der Waals surface area contributed by atoms with E-state index in [0.717, 1.165) is 18.7 Å². The number of hydrogen-bond donors (Lipinski definition) is 2. The fourth-order valence-electron chi connectivity index (χ4n) is 1.62. The molecule has 0 amide bonds. The Kier molecular flexibility index (Phi) is 3.75. The average molecular weight is 216 g/mol. The molecule has 84 valence electrons. The summed E-state index contributed by atoms with van der Waals surface area (Å²) in [7, 11) is 0. The third-order valence-corrected chi connectivity index (χ3v) is 2.46. The number of ether oxygens (including phenoxy) is 1. The molecule has 16 heavy (non-hydrogen) atoms. The largest absolute Gasteiger partial charge is 0.494 e. The molecule has 2 rings (SSSR count). The van der Waals surface area contributed by atoms with Gasteiger partial charge in [-0.15, -0.1) is 0 Å². The number of hydrazine groups is 1. The van der Waals surface area contributed by atoms with E-state index in [4.69, 9.17) is 10.6 Å². The van der Waals surface area contributed by atoms with Crippen molar-refractivity contribution in [1.82, 2.24) is 5.43 Å². The Hall–Kier alpha value is -1.58. The third kappa shape index (κ3) is 2.72. The van der Waals surface area contributed by atoms with Gasteiger partial charge in [0, 0.05) is 6.54 Å². The van der Waals surface area contributed by atoms with E-state index in [0.29, 0.717) is 6.61 Å². The number of rotatable bonds is 5. The first-order valence-electron chi connectivity index (χ1n) is 5.45. The van der Waals surface area contributed by atoms with Crippen molar-refractivity contribution in [3.05, 3.63) is 42.5 Å². The van der Waals surface area contributed by atoms with E-state index in [1.54, 1.807) is 0 Å². The summed E-state index contributed by atoms with van der Waals surface area (Å²) in [6.45, 7) is 1.45. The molecule has 0 atom stereocenters. The molecule has 0 spiro atoms. The van der Waals surface area contributed by atoms with Crippen LogP contribution in [-0.4, -0.2) is 13.2 Å². The van der Waals surface area contributed by atoms with Gasteiger partial charge in [-0.2, -0.15) is 0 Å². The van der Waals surface area contributed by atoms with Crippen molar-refractivity contribution in [2.24, 2.45) is 5.84 Å². The summed E-state index contributed by atoms with van der Waals surface area (Å²) >= 11 is 0. The van der Waals surface area contributed by atoms with Crippen LogP contribution in [0.2, 0.25) is 0 Å². The molecule has 0 aliphatic carbocycles. The maximum absolute atomic E-state index is 5.62. The van der Waals surface area contributed by atoms with Crippen molar-refractivity contribution < 1.29 is 4.74 Å². The highest BCUT2D eigenvalue weighted by atomic mass is 16.5. The van der Waals surface area contributed by atoms with Crippen LogP contribution in [0.3, 0.4) is 0 Å². The Balaban J connectivity index is 2.02. The van der Waals surface area contributed by atoms with Gasteiger partial charge in [-0.05, 0) is 29.3 Å². The van der Waals surface area contributed by atoms with Crippen LogP contribution in [-0.2, 0) is 0 Å². The smallest absolute Gasteiger partial charge is 0.119 e. The van der Waals surface area contributed by atoms with Crippen LogP contribution in [0.15, 0.2) is 42.5 Å². The molecular weight excluding hydrogens is 200 g/mol. The molecule has 0 unspecified atom stereocenters. The molecule has 0 fully saturated rings. The van der Waals surface area contributed by atoms with E-state index in [1.165, 1.54) is 10.8 Å². The van der Waals surface area contributed by atoms with Gasteiger partial charge >= 0.3 is 0 Å². The maximum atomic E-state index is 5.62. The summed E-state index contributed by atoms with van der Waals surface area (Å²) in [5, 5.41) is 2.44. The summed E-state index contributed by atoms with van der Waals surface area (Å²) in [4.78, 5) is 0. The standard InChI is InChI=1S/C13H16N2O/c14-15-8-3-9-16-13-7-6-11-4-1-2-5-12(11)10-13/h1-2,4-7,10,15H,3,8-9,14H2. The number of nitrogens with one attached hydrogen (secondary N) is 1. The summed E-state index contributed by atoms with van der Waals surface area (Å²) in [6.07, 6.45) is 0.906. The molecule has 2 aromatic carbocycles. The Morgan fingerprint density at radius 3 is 2.69 bits per heavy atom. The summed E-state index contributed by atoms with van der Waals surface area (Å²) in [5.74, 6) is 6.09. The second-order valence-electron chi connectivity index (χ2n) is 3.67. The minimum absolute atomic E-state index is 0.683. The molecule has 0 saturated heterocycles. The van der Waals surface area contributed by atoms with Crippen LogP contribution < -0.4 is 16.0 Å². The van der Waals surface area contributed by atoms with Gasteiger partial charge in [-0.25, -0.2) is 0 Å². The minimum Gasteiger partial charge on any atom is -0.494 e. The zero-order chi connectivity index (χ0) is 11.2. The first-order chi connectivity index (χ1) is 7.90. The molecule has 0 aliphatic rings. The second kappa shape index (κ2) is 5.49. The van der Waals surface area contributed by atoms with Gasteiger partial charge in [0.2, 0.25) is 0 Å². The molecule has 3 nitrogen and oxygen atoms in total. The zero-order valence-electron chi connectivity index (χ0n) is 9.15. The molecule has 0 saturated carbocycles. The topological polar surface area (TPSA) is 47.3 Å². The van der Waals surface area contributed by atoms with Crippen LogP contribution in [0, 0.1) is 0 Å². The zero-order valence-corrected chi connectivity index (χ0v) is 9.15. The summed E-state index contributed by atoms with van der Waals surface area (Å²) in [6, 6.07) is 14.4. The highest BCUT2D eigenvalue weighted by molar-refractivity contribution is 5.83. The van der Waals surface area contributed by atoms with Crippen LogP contribution in [0.4, 0.5) is 0 Å². The first-order valence-corrected chi connectivity index (χ1v) is 5.45. The number of benzene rings is 2. The van der Waals surface area contributed by atoms with Gasteiger partial charge in [-0.3, -0.25) is 11.3 Å². The molecule has 0 aromatic heterocycles. The first kappa shape index (κ1) is 10.9. The van der Waals surface area contributed by atoms with Gasteiger partial charge in [-0.1, -0.05) is 30.3 Å². The number of fused-ring (bicyclic) bond motifs is 1. The van der Waals surface area contributed by atoms with Crippen LogP contribution >= 0.6 is 0 Å². The van der Waals surface area contributed by atoms with Crippen LogP contribution in [0.25, 0.3) is 10.8 Å². The second-order valence-corrected chi connectivity index (χ2v) is 3.67. The van der Waals surface area contributed by atoms with E-state index in [2.05, 4.69) is 29.7 Å². The minimum atomic E-state index is 0.683. The monoisotopic (exact) mass is 216 g/mol. The lowest BCUT2D eigenvalue weighted by atomic mass is 10.1. The predicted molar refractivity (Wildman–Crippen MR) is 66.3 cm³/mol. The summed E-state index contributed by atoms with van der Waals surface area (Å²) < 4.78 is 5.62. The average Bonchev–Trinajstić information content (AvgIpc) is 2.34. The van der Waals surface area contributed by atoms with E-state index >= 15 is 0 Å². The van der Waals surface area contributed by atoms with Gasteiger partial charge in [0.1, 0.15) is 5.75 Å². The molecule has 0 aliphatic heterocycles. The number of nitrogens with two attached hydrogens (primary N) is 1. The summed E-state index contributed by atoms with van der Waals surface area (Å²) in [5.41, 5.74) is 2.60. The van der Waals surface area contributed by atoms with Crippen LogP contribution in [0.5, 0.6) is 5.75 Å². The van der Waals surface area contributed by atoms with Crippen molar-refractivity contribution in [3.8, 4) is 5.75 Å². The van der Waals surface area contributed by atoms with Crippen molar-refractivity contribution in [2.75, 3.05) is 13.2 Å². The van der Waals surface area contributed by atoms with Crippen molar-refractivity contribution in [3.63, 3.8) is 0 Å². The fourth-order valence-corrected chi connectivity index (χ4v) is 1.62. The molecule has 0 heterocycles. The Morgan fingerprint density at radius 2 is 1.88 bits per heavy atom. The van der Waals surface area contributed by atoms with E-state index < -0.39 is 0 Å². The Bertz CT molecular complexity index is 456. The van der Waals surface area contributed by atoms with Crippen LogP contribution in [0.1, 0.15) is 6.42 Å². The number of hydrogen-bond acceptors (Lipinski definition) is 3. The van der Waals surface area contributed by atoms with E-state index in [1.807, 2.05) is 18.2 Å². The third-order valence-electron chi connectivity index (χ3n) is 2.46. The molecule has 0 bridgehead atoms. The van der Waals surface area contributed by atoms with Gasteiger partial charge in [0.05, 0.1) is 6.61 Å². The maximum Gasteiger partial charge on any atom is 0.119 e. The van der Waals surface area contributed by atoms with Crippen molar-refractivity contribution in [2.45, 2.75) is 6.42 Å². The lowest BCUT2D eigenvalue weighted by molar-refractivity contribution is 0.309. The Labute approximate surface area is 95.2 Å². The molecular formula is C13H16N2O. The molecule has 3 heteroatoms. The Morgan fingerprint density at radius 1 is 1.06 bits per heavy atom. The fraction of sp³-hybridized carbons (Fsp3) is 0.231. The molecule has 3 N–H and O–H groups in total. The normalized spacial score (nSPS) is 10.6. The van der Waals surface area contributed by atoms with Gasteiger partial charge in [0.15, 0.2) is 0 Å². The van der Waals surface area contributed by atoms with Crippen molar-refractivity contribution in [1.29, 1.82) is 0 Å². The lowest BCUT2D eigenvalue weighted by Crippen LogP contribution is -2.24. The molecule has 2 aromatic rings. The lowest BCUT2D eigenvalue weighted by Gasteiger charge is -2.06. The van der Waals surface area contributed by atoms with Gasteiger partial charge in [0.25, 0.3) is 0 Å².